The summed E-state index contributed by atoms with van der Waals surface area (Å²) in [5.74, 6) is 0.681. The van der Waals surface area contributed by atoms with E-state index >= 15 is 0 Å². The maximum atomic E-state index is 7.68. The minimum atomic E-state index is 0.601. The molecule has 0 radical (unpaired) electrons. The second-order valence-corrected chi connectivity index (χ2v) is 19.3. The van der Waals surface area contributed by atoms with Gasteiger partial charge < -0.3 is 9.55 Å². The van der Waals surface area contributed by atoms with Crippen molar-refractivity contribution in [3.8, 4) is 50.2 Å². The fourth-order valence-corrected chi connectivity index (χ4v) is 12.5. The van der Waals surface area contributed by atoms with Crippen LogP contribution in [0, 0.1) is 0 Å². The van der Waals surface area contributed by atoms with Crippen LogP contribution in [-0.2, 0) is 0 Å². The van der Waals surface area contributed by atoms with E-state index in [0.29, 0.717) is 11.0 Å². The summed E-state index contributed by atoms with van der Waals surface area (Å²) < 4.78 is 5.75. The fraction of sp³-hybridized carbons (Fsp3) is 0. The molecular formula is C59H34BrClN4S. The van der Waals surface area contributed by atoms with Crippen LogP contribution < -0.4 is 4.90 Å². The Labute approximate surface area is 396 Å². The Morgan fingerprint density at radius 2 is 1.08 bits per heavy atom. The van der Waals surface area contributed by atoms with Crippen LogP contribution in [0.2, 0.25) is 5.02 Å². The van der Waals surface area contributed by atoms with E-state index < -0.39 is 0 Å². The zero-order valence-corrected chi connectivity index (χ0v) is 38.2. The highest BCUT2D eigenvalue weighted by Gasteiger charge is 2.30. The lowest BCUT2D eigenvalue weighted by Crippen LogP contribution is -2.13. The van der Waals surface area contributed by atoms with Crippen LogP contribution in [0.15, 0.2) is 205 Å². The standard InChI is InChI=1S/C59H34BrClN4S/c60-46-26-24-39-44-32-42(34-13-3-1-4-14-34)43(35-15-5-2-6-16-35)33-45(44)40-25-29-52(57(46)55(39)40)65(59-62-48-27-30-54-56(58(48)63-59)41-19-9-12-22-53(41)66-54)51-28-23-36(31-47(51)61)64-49-20-10-7-17-37(49)38-18-8-11-21-50(38)64/h1-33H,(H,62,63). The molecule has 1 aliphatic rings. The summed E-state index contributed by atoms with van der Waals surface area (Å²) in [4.78, 5) is 11.6. The largest absolute Gasteiger partial charge is 0.323 e. The topological polar surface area (TPSA) is 36.9 Å². The first kappa shape index (κ1) is 37.9. The number of nitrogens with zero attached hydrogens (tertiary/aromatic N) is 3. The number of H-pyrrole nitrogens is 1. The van der Waals surface area contributed by atoms with E-state index in [4.69, 9.17) is 16.6 Å². The van der Waals surface area contributed by atoms with E-state index in [9.17, 15) is 0 Å². The Kier molecular flexibility index (Phi) is 8.32. The lowest BCUT2D eigenvalue weighted by Gasteiger charge is -2.26. The number of fused-ring (bicyclic) bond motifs is 11. The molecule has 1 aliphatic carbocycles. The number of hydrogen-bond acceptors (Lipinski definition) is 3. The maximum Gasteiger partial charge on any atom is 0.213 e. The van der Waals surface area contributed by atoms with E-state index in [0.717, 1.165) is 54.4 Å². The molecule has 14 rings (SSSR count). The summed E-state index contributed by atoms with van der Waals surface area (Å²) in [7, 11) is 0. The first-order valence-corrected chi connectivity index (χ1v) is 24.0. The molecule has 66 heavy (non-hydrogen) atoms. The Balaban J connectivity index is 1.02. The second kappa shape index (κ2) is 14.5. The third-order valence-electron chi connectivity index (χ3n) is 13.4. The van der Waals surface area contributed by atoms with E-state index in [1.165, 1.54) is 75.5 Å². The Morgan fingerprint density at radius 1 is 0.485 bits per heavy atom. The van der Waals surface area contributed by atoms with Crippen LogP contribution in [0.4, 0.5) is 17.3 Å². The van der Waals surface area contributed by atoms with Crippen LogP contribution >= 0.6 is 38.9 Å². The zero-order valence-electron chi connectivity index (χ0n) is 35.1. The van der Waals surface area contributed by atoms with Crippen molar-refractivity contribution in [2.75, 3.05) is 4.90 Å². The summed E-state index contributed by atoms with van der Waals surface area (Å²) >= 11 is 13.6. The molecule has 0 atom stereocenters. The number of halogens is 2. The van der Waals surface area contributed by atoms with Gasteiger partial charge in [-0.05, 0) is 117 Å². The zero-order chi connectivity index (χ0) is 43.6. The smallest absolute Gasteiger partial charge is 0.213 e. The molecular weight excluding hydrogens is 912 g/mol. The maximum absolute atomic E-state index is 7.68. The van der Waals surface area contributed by atoms with Gasteiger partial charge in [-0.1, -0.05) is 155 Å². The minimum absolute atomic E-state index is 0.601. The summed E-state index contributed by atoms with van der Waals surface area (Å²) in [6.07, 6.45) is 0. The quantitative estimate of drug-likeness (QED) is 0.180. The molecule has 0 bridgehead atoms. The van der Waals surface area contributed by atoms with E-state index in [1.54, 1.807) is 11.3 Å². The van der Waals surface area contributed by atoms with Crippen molar-refractivity contribution in [1.29, 1.82) is 0 Å². The van der Waals surface area contributed by atoms with E-state index in [1.807, 2.05) is 0 Å². The van der Waals surface area contributed by atoms with Crippen molar-refractivity contribution in [3.05, 3.63) is 210 Å². The average molecular weight is 946 g/mol. The van der Waals surface area contributed by atoms with Gasteiger partial charge in [-0.15, -0.1) is 11.3 Å². The van der Waals surface area contributed by atoms with Gasteiger partial charge in [-0.25, -0.2) is 4.98 Å². The van der Waals surface area contributed by atoms with Crippen molar-refractivity contribution in [1.82, 2.24) is 14.5 Å². The Hall–Kier alpha value is -7.48. The number of rotatable bonds is 6. The van der Waals surface area contributed by atoms with Gasteiger partial charge in [0.15, 0.2) is 0 Å². The van der Waals surface area contributed by atoms with Gasteiger partial charge in [0, 0.05) is 51.9 Å². The number of benzene rings is 10. The molecule has 0 saturated heterocycles. The van der Waals surface area contributed by atoms with Gasteiger partial charge in [-0.3, -0.25) is 4.90 Å². The number of aromatic amines is 1. The summed E-state index contributed by atoms with van der Waals surface area (Å²) in [5, 5.41) is 7.64. The number of hydrogen-bond donors (Lipinski definition) is 1. The van der Waals surface area contributed by atoms with E-state index in [2.05, 4.69) is 231 Å². The monoisotopic (exact) mass is 944 g/mol. The van der Waals surface area contributed by atoms with Gasteiger partial charge >= 0.3 is 0 Å². The van der Waals surface area contributed by atoms with Crippen molar-refractivity contribution in [2.45, 2.75) is 0 Å². The van der Waals surface area contributed by atoms with Crippen LogP contribution in [0.5, 0.6) is 0 Å². The van der Waals surface area contributed by atoms with Gasteiger partial charge in [0.05, 0.1) is 38.5 Å². The highest BCUT2D eigenvalue weighted by atomic mass is 79.9. The second-order valence-electron chi connectivity index (χ2n) is 17.0. The van der Waals surface area contributed by atoms with Gasteiger partial charge in [0.1, 0.15) is 0 Å². The molecule has 1 N–H and O–H groups in total. The minimum Gasteiger partial charge on any atom is -0.323 e. The summed E-state index contributed by atoms with van der Waals surface area (Å²) in [6, 6.07) is 71.8. The number of anilines is 3. The number of nitrogens with one attached hydrogen (secondary N) is 1. The van der Waals surface area contributed by atoms with Gasteiger partial charge in [-0.2, -0.15) is 0 Å². The van der Waals surface area contributed by atoms with Crippen molar-refractivity contribution < 1.29 is 0 Å². The van der Waals surface area contributed by atoms with E-state index in [-0.39, 0.29) is 0 Å². The van der Waals surface area contributed by atoms with Crippen LogP contribution in [0.25, 0.3) is 114 Å². The highest BCUT2D eigenvalue weighted by molar-refractivity contribution is 9.10. The van der Waals surface area contributed by atoms with Crippen molar-refractivity contribution in [3.63, 3.8) is 0 Å². The predicted octanol–water partition coefficient (Wildman–Crippen LogP) is 18.0. The first-order chi connectivity index (χ1) is 32.6. The molecule has 7 heteroatoms. The molecule has 13 aromatic rings. The van der Waals surface area contributed by atoms with Gasteiger partial charge in [0.25, 0.3) is 0 Å². The third-order valence-corrected chi connectivity index (χ3v) is 15.5. The average Bonchev–Trinajstić information content (AvgIpc) is 4.13. The first-order valence-electron chi connectivity index (χ1n) is 22.0. The van der Waals surface area contributed by atoms with Crippen molar-refractivity contribution in [2.24, 2.45) is 0 Å². The molecule has 4 nitrogen and oxygen atoms in total. The molecule has 310 valence electrons. The third kappa shape index (κ3) is 5.53. The predicted molar refractivity (Wildman–Crippen MR) is 284 cm³/mol. The molecule has 0 amide bonds. The summed E-state index contributed by atoms with van der Waals surface area (Å²) in [6.45, 7) is 0. The molecule has 0 spiro atoms. The highest BCUT2D eigenvalue weighted by Crippen LogP contribution is 2.55. The van der Waals surface area contributed by atoms with Gasteiger partial charge in [0.2, 0.25) is 5.95 Å². The molecule has 3 heterocycles. The fourth-order valence-electron chi connectivity index (χ4n) is 10.6. The molecule has 0 unspecified atom stereocenters. The van der Waals surface area contributed by atoms with Crippen LogP contribution in [-0.4, -0.2) is 14.5 Å². The molecule has 0 fully saturated rings. The molecule has 0 saturated carbocycles. The van der Waals surface area contributed by atoms with Crippen LogP contribution in [0.1, 0.15) is 0 Å². The number of para-hydroxylation sites is 2. The normalized spacial score (nSPS) is 12.1. The lowest BCUT2D eigenvalue weighted by molar-refractivity contribution is 1.15. The molecule has 0 aliphatic heterocycles. The Morgan fingerprint density at radius 3 is 1.74 bits per heavy atom. The van der Waals surface area contributed by atoms with Crippen molar-refractivity contribution >= 4 is 120 Å². The SMILES string of the molecule is Clc1cc(-n2c3ccccc3c3ccccc32)ccc1N(c1nc2c(ccc3sc4ccccc4c32)[nH]1)c1ccc2c3c(ccc(Br)c13)-c1cc(-c3ccccc3)c(-c3ccccc3)cc1-2. The molecule has 3 aromatic heterocycles. The lowest BCUT2D eigenvalue weighted by atomic mass is 9.89. The summed E-state index contributed by atoms with van der Waals surface area (Å²) in [5.41, 5.74) is 16.5. The van der Waals surface area contributed by atoms with Crippen LogP contribution in [0.3, 0.4) is 0 Å². The number of aromatic nitrogens is 3. The number of thiophene rings is 1. The number of imidazole rings is 1. The Bertz CT molecular complexity index is 4020. The molecule has 10 aromatic carbocycles.